The van der Waals surface area contributed by atoms with Gasteiger partial charge in [0.2, 0.25) is 5.91 Å². The molecule has 0 saturated carbocycles. The Kier molecular flexibility index (Phi) is 5.60. The summed E-state index contributed by atoms with van der Waals surface area (Å²) < 4.78 is 13.5. The fourth-order valence-electron chi connectivity index (χ4n) is 2.80. The molecule has 4 nitrogen and oxygen atoms in total. The van der Waals surface area contributed by atoms with Crippen LogP contribution in [-0.4, -0.2) is 48.4 Å². The molecule has 1 amide bonds. The molecule has 0 spiro atoms. The van der Waals surface area contributed by atoms with E-state index in [0.29, 0.717) is 17.8 Å². The lowest BCUT2D eigenvalue weighted by Gasteiger charge is -2.34. The van der Waals surface area contributed by atoms with E-state index in [1.807, 2.05) is 0 Å². The molecule has 1 aliphatic rings. The topological polar surface area (TPSA) is 35.6 Å². The van der Waals surface area contributed by atoms with Crippen molar-refractivity contribution in [2.75, 3.05) is 38.0 Å². The van der Waals surface area contributed by atoms with Gasteiger partial charge >= 0.3 is 0 Å². The first-order valence-corrected chi connectivity index (χ1v) is 9.01. The van der Waals surface area contributed by atoms with Crippen molar-refractivity contribution in [1.82, 2.24) is 9.80 Å². The number of hydrogen-bond acceptors (Lipinski definition) is 4. The molecule has 0 radical (unpaired) electrons. The normalized spacial score (nSPS) is 16.2. The molecule has 6 heteroatoms. The summed E-state index contributed by atoms with van der Waals surface area (Å²) in [7, 11) is 0. The maximum Gasteiger partial charge on any atom is 0.238 e. The van der Waals surface area contributed by atoms with Gasteiger partial charge in [-0.15, -0.1) is 11.3 Å². The molecule has 1 aromatic carbocycles. The van der Waals surface area contributed by atoms with Crippen LogP contribution in [0.15, 0.2) is 35.7 Å². The summed E-state index contributed by atoms with van der Waals surface area (Å²) in [6, 6.07) is 9.01. The predicted octanol–water partition coefficient (Wildman–Crippen LogP) is 2.95. The molecule has 1 N–H and O–H groups in total. The van der Waals surface area contributed by atoms with Crippen molar-refractivity contribution in [3.63, 3.8) is 0 Å². The number of nitrogens with one attached hydrogen (secondary N) is 1. The van der Waals surface area contributed by atoms with Crippen LogP contribution in [0.1, 0.15) is 10.4 Å². The van der Waals surface area contributed by atoms with Crippen molar-refractivity contribution in [3.05, 3.63) is 52.0 Å². The van der Waals surface area contributed by atoms with E-state index in [1.165, 1.54) is 10.9 Å². The van der Waals surface area contributed by atoms with Crippen LogP contribution in [0.5, 0.6) is 0 Å². The van der Waals surface area contributed by atoms with Crippen LogP contribution in [0.4, 0.5) is 10.1 Å². The number of aryl methyl sites for hydroxylation is 1. The number of thiophene rings is 1. The summed E-state index contributed by atoms with van der Waals surface area (Å²) in [5, 5.41) is 4.87. The minimum absolute atomic E-state index is 0.0926. The number of hydrogen-bond donors (Lipinski definition) is 1. The van der Waals surface area contributed by atoms with E-state index in [9.17, 15) is 9.18 Å². The molecule has 0 bridgehead atoms. The quantitative estimate of drug-likeness (QED) is 0.903. The van der Waals surface area contributed by atoms with Gasteiger partial charge in [-0.2, -0.15) is 0 Å². The molecule has 1 aromatic heterocycles. The van der Waals surface area contributed by atoms with Gasteiger partial charge in [0.15, 0.2) is 0 Å². The predicted molar refractivity (Wildman–Crippen MR) is 95.8 cm³/mol. The zero-order valence-corrected chi connectivity index (χ0v) is 14.6. The highest BCUT2D eigenvalue weighted by Crippen LogP contribution is 2.15. The van der Waals surface area contributed by atoms with E-state index in [4.69, 9.17) is 0 Å². The van der Waals surface area contributed by atoms with Gasteiger partial charge in [-0.1, -0.05) is 12.1 Å². The molecule has 24 heavy (non-hydrogen) atoms. The Bertz CT molecular complexity index is 682. The summed E-state index contributed by atoms with van der Waals surface area (Å²) in [4.78, 5) is 18.1. The number of piperazine rings is 1. The molecule has 0 atom stereocenters. The highest BCUT2D eigenvalue weighted by Gasteiger charge is 2.19. The Labute approximate surface area is 145 Å². The van der Waals surface area contributed by atoms with E-state index in [-0.39, 0.29) is 11.7 Å². The fourth-order valence-corrected chi connectivity index (χ4v) is 3.55. The van der Waals surface area contributed by atoms with Crippen molar-refractivity contribution in [2.24, 2.45) is 0 Å². The second-order valence-corrected chi connectivity index (χ2v) is 7.18. The average molecular weight is 347 g/mol. The van der Waals surface area contributed by atoms with Gasteiger partial charge in [-0.25, -0.2) is 4.39 Å². The van der Waals surface area contributed by atoms with E-state index in [0.717, 1.165) is 32.7 Å². The smallest absolute Gasteiger partial charge is 0.238 e. The van der Waals surface area contributed by atoms with E-state index < -0.39 is 0 Å². The van der Waals surface area contributed by atoms with Crippen LogP contribution in [0.3, 0.4) is 0 Å². The number of rotatable bonds is 5. The minimum atomic E-state index is -0.296. The Balaban J connectivity index is 1.43. The summed E-state index contributed by atoms with van der Waals surface area (Å²) in [5.41, 5.74) is 1.09. The number of halogens is 1. The van der Waals surface area contributed by atoms with Gasteiger partial charge in [0.05, 0.1) is 6.54 Å². The van der Waals surface area contributed by atoms with Gasteiger partial charge in [-0.05, 0) is 36.1 Å². The Morgan fingerprint density at radius 1 is 1.21 bits per heavy atom. The van der Waals surface area contributed by atoms with Gasteiger partial charge in [0.1, 0.15) is 5.82 Å². The fraction of sp³-hybridized carbons (Fsp3) is 0.389. The standard InChI is InChI=1S/C18H22FN3OS/c1-14-4-5-15(11-17(14)19)20-18(23)13-22-8-6-21(7-9-22)12-16-3-2-10-24-16/h2-5,10-11H,6-9,12-13H2,1H3,(H,20,23). The van der Waals surface area contributed by atoms with Crippen LogP contribution in [0.25, 0.3) is 0 Å². The largest absolute Gasteiger partial charge is 0.325 e. The van der Waals surface area contributed by atoms with Gasteiger partial charge in [0.25, 0.3) is 0 Å². The first-order valence-electron chi connectivity index (χ1n) is 8.13. The lowest BCUT2D eigenvalue weighted by atomic mass is 10.2. The molecule has 1 fully saturated rings. The van der Waals surface area contributed by atoms with E-state index >= 15 is 0 Å². The van der Waals surface area contributed by atoms with Gasteiger partial charge < -0.3 is 5.32 Å². The first kappa shape index (κ1) is 17.1. The molecule has 1 aliphatic heterocycles. The summed E-state index contributed by atoms with van der Waals surface area (Å²) in [6.07, 6.45) is 0. The molecule has 1 saturated heterocycles. The monoisotopic (exact) mass is 347 g/mol. The summed E-state index contributed by atoms with van der Waals surface area (Å²) in [5.74, 6) is -0.389. The highest BCUT2D eigenvalue weighted by atomic mass is 32.1. The number of amides is 1. The zero-order valence-electron chi connectivity index (χ0n) is 13.8. The van der Waals surface area contributed by atoms with Crippen LogP contribution in [0.2, 0.25) is 0 Å². The van der Waals surface area contributed by atoms with Crippen LogP contribution < -0.4 is 5.32 Å². The lowest BCUT2D eigenvalue weighted by molar-refractivity contribution is -0.117. The first-order chi connectivity index (χ1) is 11.6. The average Bonchev–Trinajstić information content (AvgIpc) is 3.06. The lowest BCUT2D eigenvalue weighted by Crippen LogP contribution is -2.48. The number of benzene rings is 1. The number of anilines is 1. The molecule has 2 heterocycles. The Morgan fingerprint density at radius 3 is 2.62 bits per heavy atom. The molecular formula is C18H22FN3OS. The maximum absolute atomic E-state index is 13.5. The number of nitrogens with zero attached hydrogens (tertiary/aromatic N) is 2. The van der Waals surface area contributed by atoms with Crippen molar-refractivity contribution < 1.29 is 9.18 Å². The van der Waals surface area contributed by atoms with Gasteiger partial charge in [-0.3, -0.25) is 14.6 Å². The van der Waals surface area contributed by atoms with Crippen LogP contribution >= 0.6 is 11.3 Å². The van der Waals surface area contributed by atoms with E-state index in [1.54, 1.807) is 30.4 Å². The number of carbonyl (C=O) groups excluding carboxylic acids is 1. The van der Waals surface area contributed by atoms with Crippen molar-refractivity contribution in [2.45, 2.75) is 13.5 Å². The van der Waals surface area contributed by atoms with Crippen molar-refractivity contribution in [1.29, 1.82) is 0 Å². The molecule has 2 aromatic rings. The third kappa shape index (κ3) is 4.63. The second kappa shape index (κ2) is 7.88. The zero-order chi connectivity index (χ0) is 16.9. The van der Waals surface area contributed by atoms with Crippen LogP contribution in [-0.2, 0) is 11.3 Å². The van der Waals surface area contributed by atoms with E-state index in [2.05, 4.69) is 32.6 Å². The summed E-state index contributed by atoms with van der Waals surface area (Å²) in [6.45, 7) is 6.72. The Morgan fingerprint density at radius 2 is 1.96 bits per heavy atom. The summed E-state index contributed by atoms with van der Waals surface area (Å²) >= 11 is 1.78. The van der Waals surface area contributed by atoms with Crippen molar-refractivity contribution >= 4 is 22.9 Å². The minimum Gasteiger partial charge on any atom is -0.325 e. The molecule has 0 aliphatic carbocycles. The molecule has 128 valence electrons. The number of carbonyl (C=O) groups is 1. The van der Waals surface area contributed by atoms with Crippen LogP contribution in [0, 0.1) is 12.7 Å². The van der Waals surface area contributed by atoms with Crippen molar-refractivity contribution in [3.8, 4) is 0 Å². The molecular weight excluding hydrogens is 325 g/mol. The Hall–Kier alpha value is -1.76. The molecule has 0 unspecified atom stereocenters. The second-order valence-electron chi connectivity index (χ2n) is 6.14. The SMILES string of the molecule is Cc1ccc(NC(=O)CN2CCN(Cc3cccs3)CC2)cc1F. The maximum atomic E-state index is 13.5. The third-order valence-corrected chi connectivity index (χ3v) is 5.11. The highest BCUT2D eigenvalue weighted by molar-refractivity contribution is 7.09. The molecule has 3 rings (SSSR count). The van der Waals surface area contributed by atoms with Gasteiger partial charge in [0, 0.05) is 43.3 Å². The third-order valence-electron chi connectivity index (χ3n) is 4.25.